The number of anilines is 2. The van der Waals surface area contributed by atoms with Crippen molar-refractivity contribution in [2.45, 2.75) is 25.9 Å². The van der Waals surface area contributed by atoms with Crippen LogP contribution in [0.25, 0.3) is 0 Å². The smallest absolute Gasteiger partial charge is 0.267 e. The summed E-state index contributed by atoms with van der Waals surface area (Å²) in [6.45, 7) is 5.47. The number of hydrogen-bond donors (Lipinski definition) is 2. The first-order valence-corrected chi connectivity index (χ1v) is 11.7. The Balaban J connectivity index is 1.57. The van der Waals surface area contributed by atoms with E-state index in [2.05, 4.69) is 20.2 Å². The molecule has 0 aliphatic carbocycles. The number of primary amides is 1. The number of carbonyl (C=O) groups is 2. The maximum atomic E-state index is 13.6. The van der Waals surface area contributed by atoms with E-state index in [1.807, 2.05) is 4.90 Å². The number of amides is 1. The summed E-state index contributed by atoms with van der Waals surface area (Å²) in [6.07, 6.45) is 0. The standard InChI is InChI=1S/C26H28F2N6O2/c1-16(17(2)35)30-23-15-22(25(29)36)31-26(32-23)34-13-11-33(12-14-34)24(18-3-7-20(27)8-4-18)19-5-9-21(28)10-6-19/h3-10,15-16,24H,11-14H2,1-2H3,(H2,29,36)(H,30,31,32)/t16-/m0/s1. The predicted molar refractivity (Wildman–Crippen MR) is 133 cm³/mol. The molecule has 4 rings (SSSR count). The number of ketones is 1. The molecule has 2 heterocycles. The highest BCUT2D eigenvalue weighted by atomic mass is 19.1. The summed E-state index contributed by atoms with van der Waals surface area (Å²) >= 11 is 0. The highest BCUT2D eigenvalue weighted by Gasteiger charge is 2.28. The fraction of sp³-hybridized carbons (Fsp3) is 0.308. The molecule has 1 aliphatic rings. The minimum Gasteiger partial charge on any atom is -0.364 e. The van der Waals surface area contributed by atoms with Gasteiger partial charge < -0.3 is 16.0 Å². The minimum absolute atomic E-state index is 0.0520. The number of halogens is 2. The van der Waals surface area contributed by atoms with Crippen LogP contribution in [0.5, 0.6) is 0 Å². The number of piperazine rings is 1. The van der Waals surface area contributed by atoms with E-state index >= 15 is 0 Å². The molecule has 0 spiro atoms. The van der Waals surface area contributed by atoms with Crippen LogP contribution in [0.3, 0.4) is 0 Å². The third-order valence-electron chi connectivity index (χ3n) is 6.27. The molecule has 1 fully saturated rings. The molecule has 0 unspecified atom stereocenters. The van der Waals surface area contributed by atoms with Gasteiger partial charge in [-0.2, -0.15) is 4.98 Å². The van der Waals surface area contributed by atoms with E-state index in [-0.39, 0.29) is 29.2 Å². The van der Waals surface area contributed by atoms with Crippen LogP contribution in [0.1, 0.15) is 41.5 Å². The topological polar surface area (TPSA) is 104 Å². The normalized spacial score (nSPS) is 15.1. The Morgan fingerprint density at radius 2 is 1.44 bits per heavy atom. The number of carbonyl (C=O) groups excluding carboxylic acids is 2. The Labute approximate surface area is 208 Å². The number of benzene rings is 2. The number of nitrogens with zero attached hydrogens (tertiary/aromatic N) is 4. The zero-order valence-corrected chi connectivity index (χ0v) is 20.1. The number of nitrogens with one attached hydrogen (secondary N) is 1. The van der Waals surface area contributed by atoms with Gasteiger partial charge in [-0.25, -0.2) is 13.8 Å². The second-order valence-electron chi connectivity index (χ2n) is 8.81. The number of Topliss-reactive ketones (excluding diaryl/α,β-unsaturated/α-hetero) is 1. The zero-order valence-electron chi connectivity index (χ0n) is 20.1. The lowest BCUT2D eigenvalue weighted by Crippen LogP contribution is -2.48. The van der Waals surface area contributed by atoms with Crippen LogP contribution in [-0.4, -0.2) is 58.8 Å². The van der Waals surface area contributed by atoms with Crippen molar-refractivity contribution in [3.63, 3.8) is 0 Å². The van der Waals surface area contributed by atoms with Gasteiger partial charge in [0, 0.05) is 32.2 Å². The number of nitrogens with two attached hydrogens (primary N) is 1. The SMILES string of the molecule is CC(=O)[C@H](C)Nc1cc(C(N)=O)nc(N2CCN(C(c3ccc(F)cc3)c3ccc(F)cc3)CC2)n1. The van der Waals surface area contributed by atoms with Crippen molar-refractivity contribution in [2.24, 2.45) is 5.73 Å². The first kappa shape index (κ1) is 25.2. The second-order valence-corrected chi connectivity index (χ2v) is 8.81. The van der Waals surface area contributed by atoms with Crippen molar-refractivity contribution >= 4 is 23.5 Å². The number of rotatable bonds is 8. The van der Waals surface area contributed by atoms with Gasteiger partial charge in [0.05, 0.1) is 12.1 Å². The van der Waals surface area contributed by atoms with Crippen molar-refractivity contribution < 1.29 is 18.4 Å². The van der Waals surface area contributed by atoms with E-state index in [1.54, 1.807) is 31.2 Å². The van der Waals surface area contributed by atoms with Crippen LogP contribution in [0.15, 0.2) is 54.6 Å². The maximum absolute atomic E-state index is 13.6. The van der Waals surface area contributed by atoms with Gasteiger partial charge in [0.25, 0.3) is 5.91 Å². The fourth-order valence-electron chi connectivity index (χ4n) is 4.18. The monoisotopic (exact) mass is 494 g/mol. The van der Waals surface area contributed by atoms with Crippen molar-refractivity contribution in [3.05, 3.63) is 83.1 Å². The minimum atomic E-state index is -0.691. The van der Waals surface area contributed by atoms with E-state index in [9.17, 15) is 18.4 Å². The molecule has 1 aromatic heterocycles. The van der Waals surface area contributed by atoms with Crippen LogP contribution >= 0.6 is 0 Å². The molecule has 0 radical (unpaired) electrons. The highest BCUT2D eigenvalue weighted by molar-refractivity contribution is 5.92. The zero-order chi connectivity index (χ0) is 25.8. The summed E-state index contributed by atoms with van der Waals surface area (Å²) in [6, 6.07) is 13.4. The molecule has 8 nitrogen and oxygen atoms in total. The number of aromatic nitrogens is 2. The van der Waals surface area contributed by atoms with Gasteiger partial charge in [-0.1, -0.05) is 24.3 Å². The van der Waals surface area contributed by atoms with E-state index in [1.165, 1.54) is 37.3 Å². The predicted octanol–water partition coefficient (Wildman–Crippen LogP) is 3.15. The Bertz CT molecular complexity index is 1180. The molecule has 0 bridgehead atoms. The van der Waals surface area contributed by atoms with Crippen molar-refractivity contribution in [3.8, 4) is 0 Å². The summed E-state index contributed by atoms with van der Waals surface area (Å²) < 4.78 is 27.2. The van der Waals surface area contributed by atoms with Gasteiger partial charge in [-0.15, -0.1) is 0 Å². The molecule has 0 saturated carbocycles. The lowest BCUT2D eigenvalue weighted by molar-refractivity contribution is -0.117. The van der Waals surface area contributed by atoms with Gasteiger partial charge in [0.1, 0.15) is 23.1 Å². The van der Waals surface area contributed by atoms with Gasteiger partial charge in [-0.05, 0) is 49.2 Å². The van der Waals surface area contributed by atoms with Gasteiger partial charge in [0.15, 0.2) is 5.78 Å². The molecular weight excluding hydrogens is 466 g/mol. The summed E-state index contributed by atoms with van der Waals surface area (Å²) in [4.78, 5) is 36.5. The first-order chi connectivity index (χ1) is 17.2. The van der Waals surface area contributed by atoms with Gasteiger partial charge in [-0.3, -0.25) is 14.5 Å². The highest BCUT2D eigenvalue weighted by Crippen LogP contribution is 2.30. The third-order valence-corrected chi connectivity index (χ3v) is 6.27. The Morgan fingerprint density at radius 3 is 1.92 bits per heavy atom. The second kappa shape index (κ2) is 10.8. The lowest BCUT2D eigenvalue weighted by atomic mass is 9.96. The van der Waals surface area contributed by atoms with Crippen molar-refractivity contribution in [1.82, 2.24) is 14.9 Å². The van der Waals surface area contributed by atoms with Crippen LogP contribution in [-0.2, 0) is 4.79 Å². The molecular formula is C26H28F2N6O2. The first-order valence-electron chi connectivity index (χ1n) is 11.7. The maximum Gasteiger partial charge on any atom is 0.267 e. The van der Waals surface area contributed by atoms with E-state index in [4.69, 9.17) is 5.73 Å². The molecule has 1 saturated heterocycles. The van der Waals surface area contributed by atoms with Crippen LogP contribution in [0.4, 0.5) is 20.5 Å². The Kier molecular flexibility index (Phi) is 7.54. The third kappa shape index (κ3) is 5.83. The van der Waals surface area contributed by atoms with Crippen molar-refractivity contribution in [2.75, 3.05) is 36.4 Å². The molecule has 1 aliphatic heterocycles. The molecule has 3 N–H and O–H groups in total. The van der Waals surface area contributed by atoms with Crippen LogP contribution in [0.2, 0.25) is 0 Å². The molecule has 2 aromatic carbocycles. The van der Waals surface area contributed by atoms with Crippen molar-refractivity contribution in [1.29, 1.82) is 0 Å². The molecule has 1 atom stereocenters. The molecule has 1 amide bonds. The molecule has 3 aromatic rings. The van der Waals surface area contributed by atoms with Crippen LogP contribution in [0, 0.1) is 11.6 Å². The van der Waals surface area contributed by atoms with E-state index in [0.29, 0.717) is 37.9 Å². The summed E-state index contributed by atoms with van der Waals surface area (Å²) in [7, 11) is 0. The average molecular weight is 495 g/mol. The van der Waals surface area contributed by atoms with E-state index < -0.39 is 11.9 Å². The van der Waals surface area contributed by atoms with Crippen LogP contribution < -0.4 is 16.0 Å². The summed E-state index contributed by atoms with van der Waals surface area (Å²) in [5.74, 6) is -0.730. The van der Waals surface area contributed by atoms with E-state index in [0.717, 1.165) is 11.1 Å². The fourth-order valence-corrected chi connectivity index (χ4v) is 4.18. The Morgan fingerprint density at radius 1 is 0.917 bits per heavy atom. The average Bonchev–Trinajstić information content (AvgIpc) is 2.86. The van der Waals surface area contributed by atoms with Gasteiger partial charge >= 0.3 is 0 Å². The molecule has 10 heteroatoms. The number of hydrogen-bond acceptors (Lipinski definition) is 7. The summed E-state index contributed by atoms with van der Waals surface area (Å²) in [5, 5.41) is 2.99. The van der Waals surface area contributed by atoms with Gasteiger partial charge in [0.2, 0.25) is 5.95 Å². The largest absolute Gasteiger partial charge is 0.364 e. The quantitative estimate of drug-likeness (QED) is 0.496. The molecule has 188 valence electrons. The molecule has 36 heavy (non-hydrogen) atoms. The Hall–Kier alpha value is -3.92. The lowest BCUT2D eigenvalue weighted by Gasteiger charge is -2.40. The summed E-state index contributed by atoms with van der Waals surface area (Å²) in [5.41, 5.74) is 7.32.